The second-order valence-corrected chi connectivity index (χ2v) is 9.47. The van der Waals surface area contributed by atoms with E-state index >= 15 is 0 Å². The molecule has 8 nitrogen and oxygen atoms in total. The molecular formula is C22H25N3O5S. The second-order valence-electron chi connectivity index (χ2n) is 7.46. The Morgan fingerprint density at radius 2 is 1.81 bits per heavy atom. The minimum atomic E-state index is -3.55. The number of nitrogens with zero attached hydrogens (tertiary/aromatic N) is 2. The monoisotopic (exact) mass is 443 g/mol. The molecule has 1 aliphatic rings. The van der Waals surface area contributed by atoms with Gasteiger partial charge in [-0.15, -0.1) is 0 Å². The average Bonchev–Trinajstić information content (AvgIpc) is 3.34. The first kappa shape index (κ1) is 21.5. The lowest BCUT2D eigenvalue weighted by Crippen LogP contribution is -2.44. The van der Waals surface area contributed by atoms with E-state index in [4.69, 9.17) is 9.26 Å². The number of hydrogen-bond acceptors (Lipinski definition) is 7. The number of hydroxylamine groups is 1. The van der Waals surface area contributed by atoms with Crippen molar-refractivity contribution in [2.45, 2.75) is 25.0 Å². The minimum absolute atomic E-state index is 0.101. The molecule has 1 atom stereocenters. The lowest BCUT2D eigenvalue weighted by Gasteiger charge is -2.32. The van der Waals surface area contributed by atoms with Crippen LogP contribution < -0.4 is 10.2 Å². The number of hydrogen-bond donors (Lipinski definition) is 2. The van der Waals surface area contributed by atoms with Gasteiger partial charge in [-0.3, -0.25) is 0 Å². The molecule has 0 amide bonds. The molecule has 1 saturated heterocycles. The predicted molar refractivity (Wildman–Crippen MR) is 115 cm³/mol. The summed E-state index contributed by atoms with van der Waals surface area (Å²) >= 11 is 0. The van der Waals surface area contributed by atoms with Crippen LogP contribution >= 0.6 is 0 Å². The van der Waals surface area contributed by atoms with Gasteiger partial charge in [-0.1, -0.05) is 47.6 Å². The second kappa shape index (κ2) is 9.61. The summed E-state index contributed by atoms with van der Waals surface area (Å²) in [7, 11) is -3.55. The van der Waals surface area contributed by atoms with Crippen LogP contribution in [0.15, 0.2) is 71.4 Å². The van der Waals surface area contributed by atoms with E-state index in [9.17, 15) is 13.6 Å². The lowest BCUT2D eigenvalue weighted by molar-refractivity contribution is 0.128. The summed E-state index contributed by atoms with van der Waals surface area (Å²) in [6, 6.07) is 17.7. The molecule has 1 aromatic heterocycles. The third-order valence-electron chi connectivity index (χ3n) is 5.41. The van der Waals surface area contributed by atoms with Gasteiger partial charge in [0.2, 0.25) is 10.0 Å². The van der Waals surface area contributed by atoms with Crippen LogP contribution in [0.3, 0.4) is 0 Å². The van der Waals surface area contributed by atoms with Crippen LogP contribution in [0.1, 0.15) is 24.4 Å². The quantitative estimate of drug-likeness (QED) is 0.515. The number of benzene rings is 2. The van der Waals surface area contributed by atoms with Crippen LogP contribution in [0, 0.1) is 0 Å². The van der Waals surface area contributed by atoms with Crippen molar-refractivity contribution in [3.05, 3.63) is 72.4 Å². The van der Waals surface area contributed by atoms with Gasteiger partial charge < -0.3 is 14.5 Å². The van der Waals surface area contributed by atoms with Gasteiger partial charge >= 0.3 is 0 Å². The highest BCUT2D eigenvalue weighted by Gasteiger charge is 2.31. The molecule has 0 spiro atoms. The lowest BCUT2D eigenvalue weighted by atomic mass is 10.1. The first-order valence-electron chi connectivity index (χ1n) is 10.2. The molecule has 2 heterocycles. The zero-order chi connectivity index (χ0) is 21.7. The van der Waals surface area contributed by atoms with Crippen molar-refractivity contribution < 1.29 is 22.9 Å². The van der Waals surface area contributed by atoms with E-state index in [0.29, 0.717) is 37.4 Å². The van der Waals surface area contributed by atoms with Gasteiger partial charge in [0.05, 0.1) is 23.6 Å². The Labute approximate surface area is 181 Å². The fraction of sp³-hybridized carbons (Fsp3) is 0.318. The molecule has 0 bridgehead atoms. The number of aromatic nitrogens is 1. The number of nitrogens with one attached hydrogen (secondary N) is 1. The molecule has 0 aliphatic carbocycles. The van der Waals surface area contributed by atoms with Gasteiger partial charge in [0.25, 0.3) is 0 Å². The van der Waals surface area contributed by atoms with Crippen molar-refractivity contribution in [2.24, 2.45) is 0 Å². The summed E-state index contributed by atoms with van der Waals surface area (Å²) in [5.74, 6) is 1.10. The van der Waals surface area contributed by atoms with Gasteiger partial charge in [-0.2, -0.15) is 5.48 Å². The van der Waals surface area contributed by atoms with Crippen molar-refractivity contribution in [3.63, 3.8) is 0 Å². The highest BCUT2D eigenvalue weighted by molar-refractivity contribution is 7.89. The molecule has 2 aromatic carbocycles. The van der Waals surface area contributed by atoms with Crippen molar-refractivity contribution >= 4 is 10.0 Å². The molecule has 9 heteroatoms. The van der Waals surface area contributed by atoms with Crippen molar-refractivity contribution in [1.29, 1.82) is 0 Å². The van der Waals surface area contributed by atoms with Crippen LogP contribution in [0.5, 0.6) is 5.75 Å². The summed E-state index contributed by atoms with van der Waals surface area (Å²) in [6.07, 6.45) is 2.63. The van der Waals surface area contributed by atoms with Crippen LogP contribution in [0.2, 0.25) is 0 Å². The van der Waals surface area contributed by atoms with Gasteiger partial charge in [0.15, 0.2) is 5.76 Å². The Morgan fingerprint density at radius 1 is 1.10 bits per heavy atom. The Hall–Kier alpha value is -2.72. The maximum absolute atomic E-state index is 12.9. The maximum atomic E-state index is 12.9. The summed E-state index contributed by atoms with van der Waals surface area (Å²) < 4.78 is 38.7. The predicted octanol–water partition coefficient (Wildman–Crippen LogP) is 3.23. The molecule has 2 N–H and O–H groups in total. The number of para-hydroxylation sites is 1. The van der Waals surface area contributed by atoms with Gasteiger partial charge in [0, 0.05) is 19.2 Å². The van der Waals surface area contributed by atoms with E-state index in [1.807, 2.05) is 42.5 Å². The normalized spacial score (nSPS) is 16.8. The van der Waals surface area contributed by atoms with E-state index in [1.165, 1.54) is 4.31 Å². The molecule has 31 heavy (non-hydrogen) atoms. The van der Waals surface area contributed by atoms with Crippen LogP contribution in [0.25, 0.3) is 11.3 Å². The zero-order valence-corrected chi connectivity index (χ0v) is 17.7. The highest BCUT2D eigenvalue weighted by Crippen LogP contribution is 2.32. The van der Waals surface area contributed by atoms with Crippen LogP contribution in [-0.2, 0) is 10.0 Å². The molecule has 4 rings (SSSR count). The van der Waals surface area contributed by atoms with Crippen LogP contribution in [-0.4, -0.2) is 48.0 Å². The smallest absolute Gasteiger partial charge is 0.216 e. The summed E-state index contributed by atoms with van der Waals surface area (Å²) in [4.78, 5) is 0. The third kappa shape index (κ3) is 5.13. The molecule has 0 saturated carbocycles. The number of sulfonamides is 1. The first-order chi connectivity index (χ1) is 15.1. The average molecular weight is 444 g/mol. The van der Waals surface area contributed by atoms with E-state index in [1.54, 1.807) is 24.4 Å². The fourth-order valence-electron chi connectivity index (χ4n) is 3.74. The van der Waals surface area contributed by atoms with Crippen molar-refractivity contribution in [2.75, 3.05) is 18.8 Å². The van der Waals surface area contributed by atoms with E-state index in [-0.39, 0.29) is 11.9 Å². The van der Waals surface area contributed by atoms with Crippen molar-refractivity contribution in [1.82, 2.24) is 14.9 Å². The Morgan fingerprint density at radius 3 is 2.48 bits per heavy atom. The fourth-order valence-corrected chi connectivity index (χ4v) is 5.41. The Kier molecular flexibility index (Phi) is 6.67. The van der Waals surface area contributed by atoms with E-state index in [2.05, 4.69) is 10.6 Å². The third-order valence-corrected chi connectivity index (χ3v) is 7.32. The standard InChI is InChI=1S/C22H25N3O5S/c26-24-20(17-6-2-1-3-7-17)16-31(27,28)25-14-11-18(12-15-25)29-21-9-5-4-8-19(21)22-10-13-23-30-22/h1-10,13,18,20,24,26H,11-12,14-16H2. The van der Waals surface area contributed by atoms with Gasteiger partial charge in [-0.25, -0.2) is 12.7 Å². The molecule has 0 radical (unpaired) electrons. The topological polar surface area (TPSA) is 105 Å². The van der Waals surface area contributed by atoms with Crippen LogP contribution in [0.4, 0.5) is 0 Å². The van der Waals surface area contributed by atoms with Gasteiger partial charge in [0.1, 0.15) is 11.9 Å². The largest absolute Gasteiger partial charge is 0.490 e. The molecule has 1 unspecified atom stereocenters. The highest BCUT2D eigenvalue weighted by atomic mass is 32.2. The SMILES string of the molecule is O=S(=O)(CC(NO)c1ccccc1)N1CCC(Oc2ccccc2-c2ccno2)CC1. The Balaban J connectivity index is 1.38. The molecule has 164 valence electrons. The summed E-state index contributed by atoms with van der Waals surface area (Å²) in [5.41, 5.74) is 3.66. The molecule has 1 fully saturated rings. The van der Waals surface area contributed by atoms with E-state index in [0.717, 1.165) is 11.1 Å². The van der Waals surface area contributed by atoms with Gasteiger partial charge in [-0.05, 0) is 30.5 Å². The Bertz CT molecular complexity index is 1070. The minimum Gasteiger partial charge on any atom is -0.490 e. The first-order valence-corrected chi connectivity index (χ1v) is 11.8. The summed E-state index contributed by atoms with van der Waals surface area (Å²) in [6.45, 7) is 0.731. The maximum Gasteiger partial charge on any atom is 0.216 e. The molecule has 1 aliphatic heterocycles. The molecular weight excluding hydrogens is 418 g/mol. The van der Waals surface area contributed by atoms with Crippen molar-refractivity contribution in [3.8, 4) is 17.1 Å². The number of rotatable bonds is 8. The summed E-state index contributed by atoms with van der Waals surface area (Å²) in [5, 5.41) is 13.2. The number of piperidine rings is 1. The number of ether oxygens (including phenoxy) is 1. The van der Waals surface area contributed by atoms with E-state index < -0.39 is 16.1 Å². The zero-order valence-electron chi connectivity index (χ0n) is 16.9. The molecule has 3 aromatic rings.